The fourth-order valence-electron chi connectivity index (χ4n) is 2.10. The molecule has 0 aromatic carbocycles. The fourth-order valence-corrected chi connectivity index (χ4v) is 2.10. The monoisotopic (exact) mass is 235 g/mol. The van der Waals surface area contributed by atoms with E-state index in [4.69, 9.17) is 0 Å². The highest BCUT2D eigenvalue weighted by atomic mass is 16.3. The van der Waals surface area contributed by atoms with Crippen LogP contribution in [-0.4, -0.2) is 36.3 Å². The van der Waals surface area contributed by atoms with Crippen LogP contribution in [0.25, 0.3) is 0 Å². The van der Waals surface area contributed by atoms with Gasteiger partial charge in [-0.1, -0.05) is 6.07 Å². The molecule has 2 N–H and O–H groups in total. The average Bonchev–Trinajstić information content (AvgIpc) is 3.19. The predicted molar refractivity (Wildman–Crippen MR) is 69.2 cm³/mol. The van der Waals surface area contributed by atoms with Crippen molar-refractivity contribution in [3.05, 3.63) is 23.9 Å². The molecule has 1 fully saturated rings. The maximum atomic E-state index is 9.18. The van der Waals surface area contributed by atoms with Gasteiger partial charge in [0.1, 0.15) is 5.82 Å². The van der Waals surface area contributed by atoms with Gasteiger partial charge < -0.3 is 15.3 Å². The topological polar surface area (TPSA) is 48.4 Å². The van der Waals surface area contributed by atoms with Crippen LogP contribution in [0.4, 0.5) is 5.82 Å². The number of rotatable bonds is 6. The molecule has 1 aliphatic rings. The molecule has 17 heavy (non-hydrogen) atoms. The number of pyridine rings is 1. The quantitative estimate of drug-likeness (QED) is 0.781. The maximum Gasteiger partial charge on any atom is 0.133 e. The van der Waals surface area contributed by atoms with Crippen LogP contribution in [0.3, 0.4) is 0 Å². The number of aromatic nitrogens is 1. The first-order valence-electron chi connectivity index (χ1n) is 6.27. The van der Waals surface area contributed by atoms with Gasteiger partial charge in [0.05, 0.1) is 6.61 Å². The first kappa shape index (κ1) is 12.3. The summed E-state index contributed by atoms with van der Waals surface area (Å²) in [7, 11) is 1.95. The highest BCUT2D eigenvalue weighted by Gasteiger charge is 2.31. The lowest BCUT2D eigenvalue weighted by Crippen LogP contribution is -2.31. The van der Waals surface area contributed by atoms with Crippen molar-refractivity contribution in [3.8, 4) is 0 Å². The lowest BCUT2D eigenvalue weighted by molar-refractivity contribution is 0.301. The molecule has 0 saturated heterocycles. The van der Waals surface area contributed by atoms with E-state index in [-0.39, 0.29) is 12.6 Å². The summed E-state index contributed by atoms with van der Waals surface area (Å²) in [5.41, 5.74) is 1.20. The smallest absolute Gasteiger partial charge is 0.133 e. The van der Waals surface area contributed by atoms with Crippen molar-refractivity contribution >= 4 is 5.82 Å². The number of aliphatic hydroxyl groups excluding tert-OH is 1. The number of nitrogens with zero attached hydrogens (tertiary/aromatic N) is 2. The van der Waals surface area contributed by atoms with Gasteiger partial charge in [-0.3, -0.25) is 0 Å². The molecule has 0 aliphatic heterocycles. The van der Waals surface area contributed by atoms with Crippen LogP contribution < -0.4 is 10.2 Å². The number of hydrogen-bond acceptors (Lipinski definition) is 4. The van der Waals surface area contributed by atoms with E-state index < -0.39 is 0 Å². The van der Waals surface area contributed by atoms with Crippen LogP contribution in [0.2, 0.25) is 0 Å². The molecule has 1 aromatic heterocycles. The van der Waals surface area contributed by atoms with Gasteiger partial charge in [-0.15, -0.1) is 0 Å². The van der Waals surface area contributed by atoms with Gasteiger partial charge in [0.15, 0.2) is 0 Å². The lowest BCUT2D eigenvalue weighted by Gasteiger charge is -2.26. The Labute approximate surface area is 103 Å². The Bertz CT molecular complexity index is 365. The second-order valence-corrected chi connectivity index (χ2v) is 4.57. The van der Waals surface area contributed by atoms with Gasteiger partial charge in [0.2, 0.25) is 0 Å². The minimum Gasteiger partial charge on any atom is -0.395 e. The Morgan fingerprint density at radius 1 is 1.59 bits per heavy atom. The molecule has 1 atom stereocenters. The molecule has 0 spiro atoms. The van der Waals surface area contributed by atoms with Gasteiger partial charge in [-0.05, 0) is 32.9 Å². The summed E-state index contributed by atoms with van der Waals surface area (Å²) in [5.74, 6) is 1.02. The van der Waals surface area contributed by atoms with Gasteiger partial charge in [0, 0.05) is 30.4 Å². The summed E-state index contributed by atoms with van der Waals surface area (Å²) in [6.07, 6.45) is 4.25. The summed E-state index contributed by atoms with van der Waals surface area (Å²) in [4.78, 5) is 6.74. The van der Waals surface area contributed by atoms with Crippen molar-refractivity contribution in [2.75, 3.05) is 25.1 Å². The summed E-state index contributed by atoms with van der Waals surface area (Å²) in [6, 6.07) is 4.92. The predicted octanol–water partition coefficient (Wildman–Crippen LogP) is 1.32. The third-order valence-electron chi connectivity index (χ3n) is 3.32. The van der Waals surface area contributed by atoms with Crippen molar-refractivity contribution < 1.29 is 5.11 Å². The zero-order valence-electron chi connectivity index (χ0n) is 10.6. The van der Waals surface area contributed by atoms with Gasteiger partial charge in [-0.2, -0.15) is 0 Å². The van der Waals surface area contributed by atoms with Gasteiger partial charge in [0.25, 0.3) is 0 Å². The summed E-state index contributed by atoms with van der Waals surface area (Å²) < 4.78 is 0. The highest BCUT2D eigenvalue weighted by molar-refractivity contribution is 5.50. The van der Waals surface area contributed by atoms with Crippen LogP contribution in [0.15, 0.2) is 18.3 Å². The summed E-state index contributed by atoms with van der Waals surface area (Å²) in [5, 5.41) is 12.4. The van der Waals surface area contributed by atoms with E-state index in [1.165, 1.54) is 18.4 Å². The molecule has 1 saturated carbocycles. The lowest BCUT2D eigenvalue weighted by atomic mass is 10.1. The molecular weight excluding hydrogens is 214 g/mol. The second-order valence-electron chi connectivity index (χ2n) is 4.57. The SMILES string of the molecule is CNC(C)c1cccnc1N(CCO)C1CC1. The first-order valence-corrected chi connectivity index (χ1v) is 6.27. The third kappa shape index (κ3) is 2.76. The molecule has 0 amide bonds. The van der Waals surface area contributed by atoms with Crippen LogP contribution >= 0.6 is 0 Å². The second kappa shape index (κ2) is 5.47. The normalized spacial score (nSPS) is 16.9. The molecule has 1 heterocycles. The van der Waals surface area contributed by atoms with Crippen molar-refractivity contribution in [1.82, 2.24) is 10.3 Å². The van der Waals surface area contributed by atoms with Crippen LogP contribution in [0, 0.1) is 0 Å². The molecule has 94 valence electrons. The average molecular weight is 235 g/mol. The third-order valence-corrected chi connectivity index (χ3v) is 3.32. The minimum atomic E-state index is 0.181. The number of nitrogens with one attached hydrogen (secondary N) is 1. The van der Waals surface area contributed by atoms with Crippen LogP contribution in [0.5, 0.6) is 0 Å². The standard InChI is InChI=1S/C13H21N3O/c1-10(14-2)12-4-3-7-15-13(12)16(8-9-17)11-5-6-11/h3-4,7,10-11,14,17H,5-6,8-9H2,1-2H3. The Morgan fingerprint density at radius 3 is 2.94 bits per heavy atom. The van der Waals surface area contributed by atoms with E-state index in [0.717, 1.165) is 5.82 Å². The minimum absolute atomic E-state index is 0.181. The molecule has 1 aromatic rings. The van der Waals surface area contributed by atoms with E-state index in [2.05, 4.69) is 28.2 Å². The first-order chi connectivity index (χ1) is 8.27. The Morgan fingerprint density at radius 2 is 2.35 bits per heavy atom. The molecule has 1 aliphatic carbocycles. The molecule has 4 nitrogen and oxygen atoms in total. The van der Waals surface area contributed by atoms with Crippen LogP contribution in [0.1, 0.15) is 31.4 Å². The van der Waals surface area contributed by atoms with Crippen molar-refractivity contribution in [2.24, 2.45) is 0 Å². The van der Waals surface area contributed by atoms with Crippen LogP contribution in [-0.2, 0) is 0 Å². The Kier molecular flexibility index (Phi) is 3.97. The van der Waals surface area contributed by atoms with Crippen molar-refractivity contribution in [1.29, 1.82) is 0 Å². The molecule has 2 rings (SSSR count). The number of anilines is 1. The summed E-state index contributed by atoms with van der Waals surface area (Å²) in [6.45, 7) is 2.98. The molecule has 4 heteroatoms. The Hall–Kier alpha value is -1.13. The van der Waals surface area contributed by atoms with E-state index >= 15 is 0 Å². The zero-order chi connectivity index (χ0) is 12.3. The fraction of sp³-hybridized carbons (Fsp3) is 0.615. The zero-order valence-corrected chi connectivity index (χ0v) is 10.6. The maximum absolute atomic E-state index is 9.18. The van der Waals surface area contributed by atoms with Gasteiger partial charge >= 0.3 is 0 Å². The van der Waals surface area contributed by atoms with E-state index in [1.807, 2.05) is 19.3 Å². The molecule has 1 unspecified atom stereocenters. The largest absolute Gasteiger partial charge is 0.395 e. The Balaban J connectivity index is 2.28. The molecular formula is C13H21N3O. The van der Waals surface area contributed by atoms with E-state index in [1.54, 1.807) is 0 Å². The summed E-state index contributed by atoms with van der Waals surface area (Å²) >= 11 is 0. The number of aliphatic hydroxyl groups is 1. The molecule has 0 radical (unpaired) electrons. The highest BCUT2D eigenvalue weighted by Crippen LogP contribution is 2.33. The van der Waals surface area contributed by atoms with Crippen molar-refractivity contribution in [2.45, 2.75) is 31.8 Å². The van der Waals surface area contributed by atoms with Gasteiger partial charge in [-0.25, -0.2) is 4.98 Å². The number of hydrogen-bond donors (Lipinski definition) is 2. The molecule has 0 bridgehead atoms. The van der Waals surface area contributed by atoms with Crippen molar-refractivity contribution in [3.63, 3.8) is 0 Å². The van der Waals surface area contributed by atoms with E-state index in [0.29, 0.717) is 12.6 Å². The van der Waals surface area contributed by atoms with E-state index in [9.17, 15) is 5.11 Å².